The lowest BCUT2D eigenvalue weighted by atomic mass is 10.1. The molecule has 2 unspecified atom stereocenters. The van der Waals surface area contributed by atoms with Crippen LogP contribution in [0, 0.1) is 11.8 Å². The number of halogens is 1. The van der Waals surface area contributed by atoms with Crippen LogP contribution >= 0.6 is 15.9 Å². The summed E-state index contributed by atoms with van der Waals surface area (Å²) >= 11 is 3.37. The molecule has 3 aromatic carbocycles. The molecule has 0 aliphatic carbocycles. The first-order valence-corrected chi connectivity index (χ1v) is 15.4. The van der Waals surface area contributed by atoms with Crippen molar-refractivity contribution in [1.82, 2.24) is 10.6 Å². The number of hydrogen-bond donors (Lipinski definition) is 2. The van der Waals surface area contributed by atoms with Crippen LogP contribution in [0.25, 0.3) is 0 Å². The standard InChI is InChI=1S/C23H27NO3.C13H18BrNO2/c1-6-26-21-15-11-19(12-16-21)8-7-18-9-13-20(14-10-18)17(2)24-22(25)27-23(3,4)5;1-9(10-5-7-11(14)8-6-10)15-12(16)17-13(2,3)4/h9-17H,6H2,1-5H3,(H,24,25);5-9H,1-4H3,(H,15,16). The van der Waals surface area contributed by atoms with Crippen LogP contribution in [0.5, 0.6) is 5.75 Å². The molecule has 0 aromatic heterocycles. The third kappa shape index (κ3) is 14.5. The number of benzene rings is 3. The van der Waals surface area contributed by atoms with Crippen LogP contribution in [0.4, 0.5) is 9.59 Å². The fourth-order valence-electron chi connectivity index (χ4n) is 3.69. The number of rotatable bonds is 6. The van der Waals surface area contributed by atoms with Crippen LogP contribution in [0.3, 0.4) is 0 Å². The summed E-state index contributed by atoms with van der Waals surface area (Å²) in [6.45, 7) is 17.5. The third-order valence-corrected chi connectivity index (χ3v) is 6.29. The van der Waals surface area contributed by atoms with Gasteiger partial charge in [-0.2, -0.15) is 0 Å². The molecule has 236 valence electrons. The number of carbonyl (C=O) groups excluding carboxylic acids is 2. The molecule has 2 amide bonds. The van der Waals surface area contributed by atoms with Crippen molar-refractivity contribution < 1.29 is 23.8 Å². The molecule has 0 saturated carbocycles. The summed E-state index contributed by atoms with van der Waals surface area (Å²) in [5.74, 6) is 7.14. The molecule has 2 atom stereocenters. The summed E-state index contributed by atoms with van der Waals surface area (Å²) in [7, 11) is 0. The molecular formula is C36H45BrN2O5. The Kier molecular flexibility index (Phi) is 13.8. The van der Waals surface area contributed by atoms with Crippen molar-refractivity contribution >= 4 is 28.1 Å². The van der Waals surface area contributed by atoms with E-state index in [0.717, 1.165) is 32.5 Å². The molecule has 0 bridgehead atoms. The average molecular weight is 666 g/mol. The zero-order valence-electron chi connectivity index (χ0n) is 27.2. The number of carbonyl (C=O) groups is 2. The fourth-order valence-corrected chi connectivity index (χ4v) is 3.95. The minimum atomic E-state index is -0.510. The molecule has 0 radical (unpaired) electrons. The van der Waals surface area contributed by atoms with Crippen LogP contribution in [0.2, 0.25) is 0 Å². The van der Waals surface area contributed by atoms with E-state index in [1.54, 1.807) is 0 Å². The highest BCUT2D eigenvalue weighted by Gasteiger charge is 2.19. The van der Waals surface area contributed by atoms with Gasteiger partial charge in [0.05, 0.1) is 18.7 Å². The maximum Gasteiger partial charge on any atom is 0.408 e. The number of alkyl carbamates (subject to hydrolysis) is 2. The van der Waals surface area contributed by atoms with Crippen molar-refractivity contribution in [3.63, 3.8) is 0 Å². The summed E-state index contributed by atoms with van der Waals surface area (Å²) in [4.78, 5) is 23.4. The van der Waals surface area contributed by atoms with Gasteiger partial charge in [0.2, 0.25) is 0 Å². The van der Waals surface area contributed by atoms with Gasteiger partial charge in [0.25, 0.3) is 0 Å². The molecule has 0 fully saturated rings. The van der Waals surface area contributed by atoms with Crippen LogP contribution in [-0.2, 0) is 9.47 Å². The highest BCUT2D eigenvalue weighted by molar-refractivity contribution is 9.10. The van der Waals surface area contributed by atoms with Gasteiger partial charge in [-0.15, -0.1) is 0 Å². The van der Waals surface area contributed by atoms with Gasteiger partial charge >= 0.3 is 12.2 Å². The second kappa shape index (κ2) is 16.8. The zero-order valence-corrected chi connectivity index (χ0v) is 28.8. The lowest BCUT2D eigenvalue weighted by Gasteiger charge is -2.22. The monoisotopic (exact) mass is 664 g/mol. The van der Waals surface area contributed by atoms with Crippen molar-refractivity contribution in [2.45, 2.75) is 85.6 Å². The largest absolute Gasteiger partial charge is 0.494 e. The van der Waals surface area contributed by atoms with E-state index in [1.165, 1.54) is 0 Å². The summed E-state index contributed by atoms with van der Waals surface area (Å²) < 4.78 is 16.9. The van der Waals surface area contributed by atoms with E-state index in [2.05, 4.69) is 38.4 Å². The van der Waals surface area contributed by atoms with Gasteiger partial charge < -0.3 is 24.8 Å². The van der Waals surface area contributed by atoms with Crippen LogP contribution in [0.15, 0.2) is 77.3 Å². The maximum absolute atomic E-state index is 11.9. The van der Waals surface area contributed by atoms with Crippen molar-refractivity contribution in [3.8, 4) is 17.6 Å². The maximum atomic E-state index is 11.9. The molecule has 0 saturated heterocycles. The van der Waals surface area contributed by atoms with Gasteiger partial charge in [-0.05, 0) is 122 Å². The molecule has 8 heteroatoms. The second-order valence-electron chi connectivity index (χ2n) is 12.1. The Morgan fingerprint density at radius 1 is 0.682 bits per heavy atom. The van der Waals surface area contributed by atoms with Crippen molar-refractivity contribution in [2.75, 3.05) is 6.61 Å². The molecule has 0 aliphatic rings. The molecular weight excluding hydrogens is 620 g/mol. The van der Waals surface area contributed by atoms with Gasteiger partial charge in [0, 0.05) is 15.6 Å². The summed E-state index contributed by atoms with van der Waals surface area (Å²) in [5, 5.41) is 5.63. The summed E-state index contributed by atoms with van der Waals surface area (Å²) in [5.41, 5.74) is 2.90. The van der Waals surface area contributed by atoms with E-state index in [4.69, 9.17) is 14.2 Å². The van der Waals surface area contributed by atoms with Crippen LogP contribution in [0.1, 0.15) is 96.7 Å². The minimum Gasteiger partial charge on any atom is -0.494 e. The fraction of sp³-hybridized carbons (Fsp3) is 0.389. The van der Waals surface area contributed by atoms with Crippen LogP contribution in [-0.4, -0.2) is 30.0 Å². The third-order valence-electron chi connectivity index (χ3n) is 5.76. The Balaban J connectivity index is 0.000000342. The second-order valence-corrected chi connectivity index (χ2v) is 13.0. The number of nitrogens with one attached hydrogen (secondary N) is 2. The number of ether oxygens (including phenoxy) is 3. The Hall–Kier alpha value is -3.96. The molecule has 0 heterocycles. The van der Waals surface area contributed by atoms with Gasteiger partial charge in [-0.25, -0.2) is 9.59 Å². The molecule has 0 spiro atoms. The normalized spacial score (nSPS) is 12.2. The lowest BCUT2D eigenvalue weighted by molar-refractivity contribution is 0.0496. The minimum absolute atomic E-state index is 0.0713. The van der Waals surface area contributed by atoms with E-state index in [1.807, 2.05) is 135 Å². The SMILES string of the molecule is CC(NC(=O)OC(C)(C)C)c1ccc(Br)cc1.CCOc1ccc(C#Cc2ccc(C(C)NC(=O)OC(C)(C)C)cc2)cc1. The highest BCUT2D eigenvalue weighted by atomic mass is 79.9. The lowest BCUT2D eigenvalue weighted by Crippen LogP contribution is -2.34. The predicted molar refractivity (Wildman–Crippen MR) is 180 cm³/mol. The molecule has 3 aromatic rings. The first-order chi connectivity index (χ1) is 20.5. The van der Waals surface area contributed by atoms with E-state index < -0.39 is 23.4 Å². The molecule has 0 aliphatic heterocycles. The van der Waals surface area contributed by atoms with Gasteiger partial charge in [0.1, 0.15) is 17.0 Å². The van der Waals surface area contributed by atoms with Gasteiger partial charge in [-0.1, -0.05) is 52.0 Å². The smallest absolute Gasteiger partial charge is 0.408 e. The van der Waals surface area contributed by atoms with Gasteiger partial charge in [-0.3, -0.25) is 0 Å². The van der Waals surface area contributed by atoms with Gasteiger partial charge in [0.15, 0.2) is 0 Å². The van der Waals surface area contributed by atoms with Crippen LogP contribution < -0.4 is 15.4 Å². The number of amides is 2. The quantitative estimate of drug-likeness (QED) is 0.257. The summed E-state index contributed by atoms with van der Waals surface area (Å²) in [6, 6.07) is 23.2. The first kappa shape index (κ1) is 36.2. The van der Waals surface area contributed by atoms with E-state index in [-0.39, 0.29) is 12.1 Å². The number of hydrogen-bond acceptors (Lipinski definition) is 5. The average Bonchev–Trinajstić information content (AvgIpc) is 2.91. The summed E-state index contributed by atoms with van der Waals surface area (Å²) in [6.07, 6.45) is -0.817. The zero-order chi connectivity index (χ0) is 32.9. The molecule has 7 nitrogen and oxygen atoms in total. The Morgan fingerprint density at radius 2 is 1.05 bits per heavy atom. The molecule has 2 N–H and O–H groups in total. The Bertz CT molecular complexity index is 1400. The Morgan fingerprint density at radius 3 is 1.41 bits per heavy atom. The topological polar surface area (TPSA) is 85.9 Å². The highest BCUT2D eigenvalue weighted by Crippen LogP contribution is 2.18. The van der Waals surface area contributed by atoms with Crippen molar-refractivity contribution in [3.05, 3.63) is 99.5 Å². The van der Waals surface area contributed by atoms with Crippen molar-refractivity contribution in [1.29, 1.82) is 0 Å². The van der Waals surface area contributed by atoms with E-state index in [0.29, 0.717) is 6.61 Å². The Labute approximate surface area is 271 Å². The molecule has 3 rings (SSSR count). The van der Waals surface area contributed by atoms with E-state index in [9.17, 15) is 9.59 Å². The first-order valence-electron chi connectivity index (χ1n) is 14.6. The molecule has 44 heavy (non-hydrogen) atoms. The predicted octanol–water partition coefficient (Wildman–Crippen LogP) is 9.11. The van der Waals surface area contributed by atoms with Crippen molar-refractivity contribution in [2.24, 2.45) is 0 Å². The van der Waals surface area contributed by atoms with E-state index >= 15 is 0 Å².